The molecular weight excluding hydrogens is 248 g/mol. The first kappa shape index (κ1) is 12.3. The Balaban J connectivity index is 2.14. The summed E-state index contributed by atoms with van der Waals surface area (Å²) in [6.07, 6.45) is 1.71. The van der Waals surface area contributed by atoms with Gasteiger partial charge in [0, 0.05) is 11.2 Å². The molecule has 0 bridgehead atoms. The van der Waals surface area contributed by atoms with E-state index in [1.54, 1.807) is 24.4 Å². The molecule has 2 aromatic rings. The highest BCUT2D eigenvalue weighted by Gasteiger charge is 2.03. The number of nitrogens with one attached hydrogen (secondary N) is 1. The van der Waals surface area contributed by atoms with Gasteiger partial charge in [-0.2, -0.15) is 5.26 Å². The number of halogens is 1. The Morgan fingerprint density at radius 3 is 2.94 bits per heavy atom. The van der Waals surface area contributed by atoms with E-state index in [1.807, 2.05) is 13.0 Å². The van der Waals surface area contributed by atoms with E-state index in [0.717, 1.165) is 17.2 Å². The first-order valence-corrected chi connectivity index (χ1v) is 5.79. The molecule has 0 saturated carbocycles. The molecule has 2 rings (SSSR count). The summed E-state index contributed by atoms with van der Waals surface area (Å²) in [4.78, 5) is 8.31. The van der Waals surface area contributed by atoms with Crippen LogP contribution >= 0.6 is 11.6 Å². The summed E-state index contributed by atoms with van der Waals surface area (Å²) < 4.78 is 0. The highest BCUT2D eigenvalue weighted by Crippen LogP contribution is 2.20. The Morgan fingerprint density at radius 1 is 1.39 bits per heavy atom. The summed E-state index contributed by atoms with van der Waals surface area (Å²) in [5.41, 5.74) is 2.15. The third kappa shape index (κ3) is 2.96. The lowest BCUT2D eigenvalue weighted by molar-refractivity contribution is 0.955. The van der Waals surface area contributed by atoms with Gasteiger partial charge in [-0.15, -0.1) is 0 Å². The molecule has 4 nitrogen and oxygen atoms in total. The van der Waals surface area contributed by atoms with E-state index >= 15 is 0 Å². The van der Waals surface area contributed by atoms with Gasteiger partial charge in [0.25, 0.3) is 0 Å². The average Bonchev–Trinajstić information content (AvgIpc) is 2.37. The van der Waals surface area contributed by atoms with E-state index in [-0.39, 0.29) is 0 Å². The number of hydrogen-bond acceptors (Lipinski definition) is 4. The van der Waals surface area contributed by atoms with E-state index in [0.29, 0.717) is 17.1 Å². The highest BCUT2D eigenvalue weighted by atomic mass is 35.5. The molecule has 0 saturated heterocycles. The summed E-state index contributed by atoms with van der Waals surface area (Å²) in [5.74, 6) is 0.728. The van der Waals surface area contributed by atoms with Crippen LogP contribution in [-0.2, 0) is 6.54 Å². The summed E-state index contributed by atoms with van der Waals surface area (Å²) in [6.45, 7) is 2.38. The van der Waals surface area contributed by atoms with Gasteiger partial charge < -0.3 is 5.32 Å². The number of hydrogen-bond donors (Lipinski definition) is 1. The number of nitriles is 1. The van der Waals surface area contributed by atoms with Crippen molar-refractivity contribution in [2.45, 2.75) is 13.5 Å². The van der Waals surface area contributed by atoms with Crippen LogP contribution < -0.4 is 5.32 Å². The Kier molecular flexibility index (Phi) is 3.75. The molecule has 1 aromatic carbocycles. The number of nitrogens with zero attached hydrogens (tertiary/aromatic N) is 3. The van der Waals surface area contributed by atoms with Gasteiger partial charge >= 0.3 is 0 Å². The Labute approximate surface area is 110 Å². The molecule has 1 heterocycles. The van der Waals surface area contributed by atoms with Crippen molar-refractivity contribution in [3.8, 4) is 6.07 Å². The number of aryl methyl sites for hydroxylation is 1. The van der Waals surface area contributed by atoms with Crippen LogP contribution in [0, 0.1) is 18.3 Å². The van der Waals surface area contributed by atoms with Crippen molar-refractivity contribution < 1.29 is 0 Å². The molecule has 0 unspecified atom stereocenters. The Morgan fingerprint density at radius 2 is 2.22 bits per heavy atom. The van der Waals surface area contributed by atoms with E-state index < -0.39 is 0 Å². The van der Waals surface area contributed by atoms with Crippen LogP contribution in [0.4, 0.5) is 5.69 Å². The van der Waals surface area contributed by atoms with E-state index in [9.17, 15) is 0 Å². The van der Waals surface area contributed by atoms with Crippen LogP contribution in [0.5, 0.6) is 0 Å². The highest BCUT2D eigenvalue weighted by molar-refractivity contribution is 6.30. The van der Waals surface area contributed by atoms with Crippen LogP contribution in [0.15, 0.2) is 30.5 Å². The molecule has 90 valence electrons. The number of anilines is 1. The maximum absolute atomic E-state index is 9.01. The maximum atomic E-state index is 9.01. The SMILES string of the molecule is Cc1nccc(CNc2ccc(Cl)cc2C#N)n1. The summed E-state index contributed by atoms with van der Waals surface area (Å²) in [5, 5.41) is 12.7. The van der Waals surface area contributed by atoms with Gasteiger partial charge in [-0.1, -0.05) is 11.6 Å². The second kappa shape index (κ2) is 5.48. The lowest BCUT2D eigenvalue weighted by Crippen LogP contribution is -2.04. The van der Waals surface area contributed by atoms with Crippen molar-refractivity contribution >= 4 is 17.3 Å². The number of aromatic nitrogens is 2. The van der Waals surface area contributed by atoms with Gasteiger partial charge in [0.2, 0.25) is 0 Å². The minimum Gasteiger partial charge on any atom is -0.378 e. The summed E-state index contributed by atoms with van der Waals surface area (Å²) in [7, 11) is 0. The molecule has 0 amide bonds. The predicted octanol–water partition coefficient (Wildman–Crippen LogP) is 2.92. The molecule has 5 heteroatoms. The van der Waals surface area contributed by atoms with E-state index in [2.05, 4.69) is 21.4 Å². The fourth-order valence-electron chi connectivity index (χ4n) is 1.55. The van der Waals surface area contributed by atoms with Gasteiger partial charge in [0.15, 0.2) is 0 Å². The summed E-state index contributed by atoms with van der Waals surface area (Å²) >= 11 is 5.83. The fraction of sp³-hybridized carbons (Fsp3) is 0.154. The molecule has 0 aliphatic rings. The Hall–Kier alpha value is -2.12. The van der Waals surface area contributed by atoms with E-state index in [1.165, 1.54) is 0 Å². The van der Waals surface area contributed by atoms with Gasteiger partial charge in [-0.3, -0.25) is 0 Å². The molecule has 1 N–H and O–H groups in total. The minimum absolute atomic E-state index is 0.522. The zero-order valence-electron chi connectivity index (χ0n) is 9.81. The van der Waals surface area contributed by atoms with Gasteiger partial charge in [0.1, 0.15) is 11.9 Å². The predicted molar refractivity (Wildman–Crippen MR) is 70.3 cm³/mol. The number of benzene rings is 1. The molecule has 1 aromatic heterocycles. The van der Waals surface area contributed by atoms with Crippen molar-refractivity contribution in [2.24, 2.45) is 0 Å². The molecule has 0 spiro atoms. The van der Waals surface area contributed by atoms with Crippen molar-refractivity contribution in [1.29, 1.82) is 5.26 Å². The van der Waals surface area contributed by atoms with E-state index in [4.69, 9.17) is 16.9 Å². The lowest BCUT2D eigenvalue weighted by atomic mass is 10.2. The van der Waals surface area contributed by atoms with Crippen molar-refractivity contribution in [1.82, 2.24) is 9.97 Å². The van der Waals surface area contributed by atoms with Gasteiger partial charge in [-0.25, -0.2) is 9.97 Å². The van der Waals surface area contributed by atoms with Crippen LogP contribution in [0.1, 0.15) is 17.1 Å². The van der Waals surface area contributed by atoms with Crippen molar-refractivity contribution in [3.05, 3.63) is 52.6 Å². The molecule has 18 heavy (non-hydrogen) atoms. The standard InChI is InChI=1S/C13H11ClN4/c1-9-16-5-4-12(18-9)8-17-13-3-2-11(14)6-10(13)7-15/h2-6,17H,8H2,1H3. The molecule has 0 aliphatic carbocycles. The summed E-state index contributed by atoms with van der Waals surface area (Å²) in [6, 6.07) is 9.11. The fourth-order valence-corrected chi connectivity index (χ4v) is 1.72. The first-order chi connectivity index (χ1) is 8.69. The zero-order chi connectivity index (χ0) is 13.0. The van der Waals surface area contributed by atoms with Gasteiger partial charge in [0.05, 0.1) is 23.5 Å². The first-order valence-electron chi connectivity index (χ1n) is 5.41. The second-order valence-corrected chi connectivity index (χ2v) is 4.19. The van der Waals surface area contributed by atoms with Crippen LogP contribution in [0.2, 0.25) is 5.02 Å². The van der Waals surface area contributed by atoms with Crippen LogP contribution in [0.3, 0.4) is 0 Å². The quantitative estimate of drug-likeness (QED) is 0.920. The largest absolute Gasteiger partial charge is 0.378 e. The zero-order valence-corrected chi connectivity index (χ0v) is 10.6. The molecular formula is C13H11ClN4. The number of rotatable bonds is 3. The molecule has 0 radical (unpaired) electrons. The topological polar surface area (TPSA) is 61.6 Å². The van der Waals surface area contributed by atoms with Crippen LogP contribution in [-0.4, -0.2) is 9.97 Å². The second-order valence-electron chi connectivity index (χ2n) is 3.75. The van der Waals surface area contributed by atoms with Crippen molar-refractivity contribution in [2.75, 3.05) is 5.32 Å². The van der Waals surface area contributed by atoms with Crippen molar-refractivity contribution in [3.63, 3.8) is 0 Å². The third-order valence-corrected chi connectivity index (χ3v) is 2.63. The molecule has 0 aliphatic heterocycles. The molecule has 0 atom stereocenters. The monoisotopic (exact) mass is 258 g/mol. The average molecular weight is 259 g/mol. The van der Waals surface area contributed by atoms with Gasteiger partial charge in [-0.05, 0) is 31.2 Å². The van der Waals surface area contributed by atoms with Crippen LogP contribution in [0.25, 0.3) is 0 Å². The third-order valence-electron chi connectivity index (χ3n) is 2.40. The normalized spacial score (nSPS) is 9.83. The Bertz CT molecular complexity index is 604. The minimum atomic E-state index is 0.522. The molecule has 0 fully saturated rings. The smallest absolute Gasteiger partial charge is 0.125 e. The maximum Gasteiger partial charge on any atom is 0.125 e. The lowest BCUT2D eigenvalue weighted by Gasteiger charge is -2.08.